The Morgan fingerprint density at radius 2 is 1.52 bits per heavy atom. The van der Waals surface area contributed by atoms with Crippen molar-refractivity contribution in [3.05, 3.63) is 71.8 Å². The van der Waals surface area contributed by atoms with Crippen LogP contribution >= 0.6 is 0 Å². The van der Waals surface area contributed by atoms with Crippen LogP contribution in [0, 0.1) is 0 Å². The maximum atomic E-state index is 5.85. The molecule has 2 heterocycles. The van der Waals surface area contributed by atoms with Crippen molar-refractivity contribution < 1.29 is 23.7 Å². The van der Waals surface area contributed by atoms with Crippen molar-refractivity contribution in [1.82, 2.24) is 4.98 Å². The summed E-state index contributed by atoms with van der Waals surface area (Å²) in [4.78, 5) is 3.66. The maximum absolute atomic E-state index is 5.85. The van der Waals surface area contributed by atoms with Gasteiger partial charge in [0.15, 0.2) is 11.5 Å². The van der Waals surface area contributed by atoms with E-state index in [1.807, 2.05) is 30.3 Å². The first-order valence-electron chi connectivity index (χ1n) is 10.8. The molecule has 0 bridgehead atoms. The SMILES string of the molecule is COc1cccc(-c2[nH]c3ccccc3c2C2(c3cc(OC)c(OC)c(OC)c3)COC2)c1. The highest BCUT2D eigenvalue weighted by molar-refractivity contribution is 5.93. The predicted molar refractivity (Wildman–Crippen MR) is 128 cm³/mol. The predicted octanol–water partition coefficient (Wildman–Crippen LogP) is 5.19. The second-order valence-corrected chi connectivity index (χ2v) is 8.14. The Morgan fingerprint density at radius 1 is 0.788 bits per heavy atom. The number of nitrogens with one attached hydrogen (secondary N) is 1. The highest BCUT2D eigenvalue weighted by Gasteiger charge is 2.46. The van der Waals surface area contributed by atoms with Crippen LogP contribution in [0.4, 0.5) is 0 Å². The molecule has 5 rings (SSSR count). The molecule has 1 aliphatic heterocycles. The van der Waals surface area contributed by atoms with Gasteiger partial charge in [0.1, 0.15) is 5.75 Å². The largest absolute Gasteiger partial charge is 0.497 e. The Hall–Kier alpha value is -3.64. The molecule has 1 aromatic heterocycles. The summed E-state index contributed by atoms with van der Waals surface area (Å²) in [5.41, 5.74) is 5.03. The van der Waals surface area contributed by atoms with E-state index in [0.717, 1.165) is 33.5 Å². The molecular weight excluding hydrogens is 418 g/mol. The number of aromatic amines is 1. The molecule has 6 nitrogen and oxygen atoms in total. The number of hydrogen-bond acceptors (Lipinski definition) is 5. The Kier molecular flexibility index (Phi) is 5.38. The van der Waals surface area contributed by atoms with Gasteiger partial charge in [-0.2, -0.15) is 0 Å². The molecule has 0 amide bonds. The average Bonchev–Trinajstić information content (AvgIpc) is 3.22. The van der Waals surface area contributed by atoms with Gasteiger partial charge in [-0.25, -0.2) is 0 Å². The Morgan fingerprint density at radius 3 is 2.12 bits per heavy atom. The van der Waals surface area contributed by atoms with Crippen LogP contribution in [-0.2, 0) is 10.2 Å². The summed E-state index contributed by atoms with van der Waals surface area (Å²) in [6.45, 7) is 1.09. The van der Waals surface area contributed by atoms with Gasteiger partial charge in [0, 0.05) is 22.0 Å². The number of rotatable bonds is 7. The minimum Gasteiger partial charge on any atom is -0.497 e. The minimum atomic E-state index is -0.384. The highest BCUT2D eigenvalue weighted by atomic mass is 16.5. The Bertz CT molecular complexity index is 1280. The smallest absolute Gasteiger partial charge is 0.203 e. The lowest BCUT2D eigenvalue weighted by molar-refractivity contribution is -0.0371. The summed E-state index contributed by atoms with van der Waals surface area (Å²) >= 11 is 0. The van der Waals surface area contributed by atoms with Gasteiger partial charge in [-0.15, -0.1) is 0 Å². The number of hydrogen-bond donors (Lipinski definition) is 1. The quantitative estimate of drug-likeness (QED) is 0.424. The summed E-state index contributed by atoms with van der Waals surface area (Å²) in [6, 6.07) is 20.5. The van der Waals surface area contributed by atoms with E-state index in [9.17, 15) is 0 Å². The van der Waals surface area contributed by atoms with Gasteiger partial charge >= 0.3 is 0 Å². The van der Waals surface area contributed by atoms with Gasteiger partial charge in [0.2, 0.25) is 5.75 Å². The summed E-state index contributed by atoms with van der Waals surface area (Å²) in [6.07, 6.45) is 0. The number of benzene rings is 3. The molecule has 1 saturated heterocycles. The van der Waals surface area contributed by atoms with Gasteiger partial charge in [0.25, 0.3) is 0 Å². The second kappa shape index (κ2) is 8.37. The molecule has 1 N–H and O–H groups in total. The molecular formula is C27H27NO5. The molecule has 0 aliphatic carbocycles. The third kappa shape index (κ3) is 3.29. The van der Waals surface area contributed by atoms with E-state index in [1.165, 1.54) is 5.56 Å². The first-order valence-corrected chi connectivity index (χ1v) is 10.8. The van der Waals surface area contributed by atoms with Gasteiger partial charge < -0.3 is 28.7 Å². The molecule has 0 atom stereocenters. The lowest BCUT2D eigenvalue weighted by Crippen LogP contribution is -2.48. The van der Waals surface area contributed by atoms with Crippen LogP contribution in [0.2, 0.25) is 0 Å². The van der Waals surface area contributed by atoms with E-state index in [1.54, 1.807) is 28.4 Å². The minimum absolute atomic E-state index is 0.384. The zero-order valence-corrected chi connectivity index (χ0v) is 19.2. The molecule has 4 aromatic rings. The average molecular weight is 446 g/mol. The lowest BCUT2D eigenvalue weighted by Gasteiger charge is -2.43. The van der Waals surface area contributed by atoms with E-state index >= 15 is 0 Å². The topological polar surface area (TPSA) is 61.9 Å². The van der Waals surface area contributed by atoms with Crippen LogP contribution in [0.25, 0.3) is 22.2 Å². The van der Waals surface area contributed by atoms with E-state index in [2.05, 4.69) is 35.3 Å². The summed E-state index contributed by atoms with van der Waals surface area (Å²) in [5, 5.41) is 1.16. The van der Waals surface area contributed by atoms with Crippen molar-refractivity contribution in [3.8, 4) is 34.3 Å². The number of methoxy groups -OCH3 is 4. The van der Waals surface area contributed by atoms with Crippen LogP contribution in [0.5, 0.6) is 23.0 Å². The lowest BCUT2D eigenvalue weighted by atomic mass is 9.71. The first kappa shape index (κ1) is 21.2. The molecule has 33 heavy (non-hydrogen) atoms. The molecule has 3 aromatic carbocycles. The normalized spacial score (nSPS) is 14.5. The summed E-state index contributed by atoms with van der Waals surface area (Å²) in [5.74, 6) is 2.64. The molecule has 1 fully saturated rings. The molecule has 0 unspecified atom stereocenters. The first-order chi connectivity index (χ1) is 16.1. The fourth-order valence-corrected chi connectivity index (χ4v) is 4.75. The van der Waals surface area contributed by atoms with E-state index in [4.69, 9.17) is 23.7 Å². The number of ether oxygens (including phenoxy) is 5. The summed E-state index contributed by atoms with van der Waals surface area (Å²) < 4.78 is 28.2. The van der Waals surface area contributed by atoms with E-state index in [0.29, 0.717) is 30.5 Å². The van der Waals surface area contributed by atoms with Gasteiger partial charge in [-0.05, 0) is 35.9 Å². The van der Waals surface area contributed by atoms with Gasteiger partial charge in [-0.1, -0.05) is 30.3 Å². The van der Waals surface area contributed by atoms with Crippen molar-refractivity contribution in [1.29, 1.82) is 0 Å². The Balaban J connectivity index is 1.79. The molecule has 0 saturated carbocycles. The van der Waals surface area contributed by atoms with Crippen LogP contribution in [0.1, 0.15) is 11.1 Å². The third-order valence-electron chi connectivity index (χ3n) is 6.46. The van der Waals surface area contributed by atoms with Crippen LogP contribution in [-0.4, -0.2) is 46.6 Å². The maximum Gasteiger partial charge on any atom is 0.203 e. The molecule has 0 radical (unpaired) electrons. The van der Waals surface area contributed by atoms with Crippen molar-refractivity contribution in [2.45, 2.75) is 5.41 Å². The molecule has 6 heteroatoms. The van der Waals surface area contributed by atoms with Crippen LogP contribution in [0.15, 0.2) is 60.7 Å². The highest BCUT2D eigenvalue weighted by Crippen LogP contribution is 2.50. The summed E-state index contributed by atoms with van der Waals surface area (Å²) in [7, 11) is 6.57. The number of para-hydroxylation sites is 1. The Labute approximate surface area is 193 Å². The number of fused-ring (bicyclic) bond motifs is 1. The van der Waals surface area contributed by atoms with Crippen LogP contribution in [0.3, 0.4) is 0 Å². The fourth-order valence-electron chi connectivity index (χ4n) is 4.75. The van der Waals surface area contributed by atoms with Crippen molar-refractivity contribution in [2.24, 2.45) is 0 Å². The van der Waals surface area contributed by atoms with E-state index in [-0.39, 0.29) is 5.41 Å². The van der Waals surface area contributed by atoms with Crippen LogP contribution < -0.4 is 18.9 Å². The molecule has 170 valence electrons. The zero-order chi connectivity index (χ0) is 23.0. The molecule has 1 aliphatic rings. The molecule has 0 spiro atoms. The van der Waals surface area contributed by atoms with Gasteiger partial charge in [-0.3, -0.25) is 0 Å². The number of H-pyrrole nitrogens is 1. The van der Waals surface area contributed by atoms with E-state index < -0.39 is 0 Å². The monoisotopic (exact) mass is 445 g/mol. The van der Waals surface area contributed by atoms with Gasteiger partial charge in [0.05, 0.1) is 52.8 Å². The second-order valence-electron chi connectivity index (χ2n) is 8.14. The van der Waals surface area contributed by atoms with Crippen molar-refractivity contribution in [2.75, 3.05) is 41.7 Å². The van der Waals surface area contributed by atoms with Crippen molar-refractivity contribution >= 4 is 10.9 Å². The fraction of sp³-hybridized carbons (Fsp3) is 0.259. The van der Waals surface area contributed by atoms with Crippen molar-refractivity contribution in [3.63, 3.8) is 0 Å². The zero-order valence-electron chi connectivity index (χ0n) is 19.2. The number of aromatic nitrogens is 1. The standard InChI is InChI=1S/C27H27NO5/c1-29-19-9-7-8-17(12-19)25-24(20-10-5-6-11-21(20)28-25)27(15-33-16-27)18-13-22(30-2)26(32-4)23(14-18)31-3/h5-14,28H,15-16H2,1-4H3. The third-order valence-corrected chi connectivity index (χ3v) is 6.46.